The molecule has 1 aliphatic heterocycles. The minimum atomic E-state index is -0.464. The Morgan fingerprint density at radius 2 is 1.60 bits per heavy atom. The van der Waals surface area contributed by atoms with E-state index >= 15 is 0 Å². The summed E-state index contributed by atoms with van der Waals surface area (Å²) in [5.74, 6) is 0.461. The van der Waals surface area contributed by atoms with Crippen LogP contribution in [0.25, 0.3) is 0 Å². The van der Waals surface area contributed by atoms with Gasteiger partial charge >= 0.3 is 6.09 Å². The van der Waals surface area contributed by atoms with Gasteiger partial charge in [-0.05, 0) is 103 Å². The number of aliphatic imine (C=N–C) groups is 1. The van der Waals surface area contributed by atoms with Crippen LogP contribution in [0, 0.1) is 17.2 Å². The highest BCUT2D eigenvalue weighted by Gasteiger charge is 2.27. The molecule has 7 heteroatoms. The van der Waals surface area contributed by atoms with E-state index in [0.29, 0.717) is 19.0 Å². The van der Waals surface area contributed by atoms with Gasteiger partial charge in [-0.25, -0.2) is 4.79 Å². The topological polar surface area (TPSA) is 78.2 Å². The van der Waals surface area contributed by atoms with E-state index in [4.69, 9.17) is 19.7 Å². The van der Waals surface area contributed by atoms with Crippen LogP contribution in [0.15, 0.2) is 64.5 Å². The summed E-state index contributed by atoms with van der Waals surface area (Å²) in [5, 5.41) is 8.58. The number of amides is 1. The lowest BCUT2D eigenvalue weighted by Gasteiger charge is -2.38. The normalized spacial score (nSPS) is 15.1. The number of hydrogen-bond donors (Lipinski definition) is 0. The van der Waals surface area contributed by atoms with Crippen molar-refractivity contribution in [3.05, 3.63) is 70.6 Å². The minimum absolute atomic E-state index is 0.222. The van der Waals surface area contributed by atoms with E-state index in [2.05, 4.69) is 91.5 Å². The van der Waals surface area contributed by atoms with Gasteiger partial charge in [-0.2, -0.15) is 5.26 Å². The van der Waals surface area contributed by atoms with Gasteiger partial charge in [0.2, 0.25) is 0 Å². The van der Waals surface area contributed by atoms with Crippen molar-refractivity contribution in [1.29, 1.82) is 5.26 Å². The first-order valence-electron chi connectivity index (χ1n) is 18.2. The molecule has 1 aliphatic rings. The molecule has 1 saturated heterocycles. The molecular weight excluding hydrogens is 596 g/mol. The van der Waals surface area contributed by atoms with E-state index in [-0.39, 0.29) is 6.09 Å². The molecule has 0 bridgehead atoms. The number of benzene rings is 1. The van der Waals surface area contributed by atoms with Gasteiger partial charge < -0.3 is 19.3 Å². The molecule has 0 aromatic heterocycles. The van der Waals surface area contributed by atoms with Gasteiger partial charge in [0.15, 0.2) is 0 Å². The Morgan fingerprint density at radius 1 is 1.00 bits per heavy atom. The molecule has 0 saturated carbocycles. The molecule has 7 nitrogen and oxygen atoms in total. The number of allylic oxidation sites excluding steroid dienone is 5. The molecule has 0 radical (unpaired) electrons. The fourth-order valence-electron chi connectivity index (χ4n) is 5.09. The Bertz CT molecular complexity index is 1200. The molecule has 1 aromatic carbocycles. The molecule has 1 amide bonds. The third-order valence-electron chi connectivity index (χ3n) is 7.77. The second kappa shape index (κ2) is 25.6. The molecule has 0 spiro atoms. The predicted octanol–water partition coefficient (Wildman–Crippen LogP) is 10.5. The summed E-state index contributed by atoms with van der Waals surface area (Å²) >= 11 is 0. The van der Waals surface area contributed by atoms with Gasteiger partial charge in [0.25, 0.3) is 0 Å². The summed E-state index contributed by atoms with van der Waals surface area (Å²) < 4.78 is 10.7. The van der Waals surface area contributed by atoms with Gasteiger partial charge in [0.1, 0.15) is 5.60 Å². The summed E-state index contributed by atoms with van der Waals surface area (Å²) in [6.07, 6.45) is 12.5. The van der Waals surface area contributed by atoms with Crippen molar-refractivity contribution in [1.82, 2.24) is 9.80 Å². The van der Waals surface area contributed by atoms with Crippen LogP contribution in [0.1, 0.15) is 126 Å². The van der Waals surface area contributed by atoms with Gasteiger partial charge in [-0.15, -0.1) is 0 Å². The largest absolute Gasteiger partial charge is 0.444 e. The van der Waals surface area contributed by atoms with Crippen LogP contribution in [0.2, 0.25) is 0 Å². The average molecular weight is 665 g/mol. The van der Waals surface area contributed by atoms with Crippen LogP contribution in [-0.2, 0) is 15.9 Å². The van der Waals surface area contributed by atoms with Crippen molar-refractivity contribution < 1.29 is 14.3 Å². The third-order valence-corrected chi connectivity index (χ3v) is 7.77. The lowest BCUT2D eigenvalue weighted by Crippen LogP contribution is -2.49. The Morgan fingerprint density at radius 3 is 2.08 bits per heavy atom. The number of rotatable bonds is 13. The lowest BCUT2D eigenvalue weighted by molar-refractivity contribution is 0.0168. The monoisotopic (exact) mass is 665 g/mol. The molecule has 1 aromatic rings. The highest BCUT2D eigenvalue weighted by molar-refractivity contribution is 6.03. The first kappa shape index (κ1) is 44.6. The fraction of sp³-hybridized carbons (Fsp3) is 0.634. The zero-order valence-corrected chi connectivity index (χ0v) is 32.6. The van der Waals surface area contributed by atoms with Gasteiger partial charge in [0, 0.05) is 62.6 Å². The molecule has 1 fully saturated rings. The molecule has 0 N–H and O–H groups in total. The molecule has 0 aliphatic carbocycles. The maximum Gasteiger partial charge on any atom is 0.410 e. The van der Waals surface area contributed by atoms with Gasteiger partial charge in [-0.3, -0.25) is 4.99 Å². The third kappa shape index (κ3) is 18.2. The van der Waals surface area contributed by atoms with Crippen LogP contribution >= 0.6 is 0 Å². The zero-order chi connectivity index (χ0) is 36.5. The highest BCUT2D eigenvalue weighted by atomic mass is 16.6. The number of ether oxygens (including phenoxy) is 2. The van der Waals surface area contributed by atoms with Crippen molar-refractivity contribution in [3.63, 3.8) is 0 Å². The van der Waals surface area contributed by atoms with E-state index in [9.17, 15) is 4.79 Å². The van der Waals surface area contributed by atoms with Crippen LogP contribution < -0.4 is 0 Å². The lowest BCUT2D eigenvalue weighted by atomic mass is 9.87. The quantitative estimate of drug-likeness (QED) is 0.119. The maximum atomic E-state index is 12.4. The first-order valence-corrected chi connectivity index (χ1v) is 18.2. The van der Waals surface area contributed by atoms with Gasteiger partial charge in [-0.1, -0.05) is 72.2 Å². The van der Waals surface area contributed by atoms with Crippen LogP contribution in [0.4, 0.5) is 4.79 Å². The second-order valence-electron chi connectivity index (χ2n) is 13.2. The van der Waals surface area contributed by atoms with Crippen molar-refractivity contribution in [2.24, 2.45) is 10.9 Å². The number of aryl methyl sites for hydroxylation is 1. The van der Waals surface area contributed by atoms with Crippen molar-refractivity contribution in [2.45, 2.75) is 127 Å². The highest BCUT2D eigenvalue weighted by Crippen LogP contribution is 2.29. The number of nitriles is 1. The van der Waals surface area contributed by atoms with E-state index in [0.717, 1.165) is 76.1 Å². The second-order valence-corrected chi connectivity index (χ2v) is 13.2. The maximum absolute atomic E-state index is 12.4. The SMILES string of the molecule is CCCOCCC.CCCc1cccc(C#N)c1.C\C=C(C(/C(C)=N/C=C/CC)=C(/C)N1CCN(C(=O)OC(C)(C)C)CC1)\C(C)CC. The van der Waals surface area contributed by atoms with E-state index < -0.39 is 5.60 Å². The van der Waals surface area contributed by atoms with E-state index in [1.54, 1.807) is 0 Å². The number of nitrogens with zero attached hydrogens (tertiary/aromatic N) is 4. The molecular formula is C41H68N4O3. The van der Waals surface area contributed by atoms with E-state index in [1.165, 1.54) is 22.4 Å². The summed E-state index contributed by atoms with van der Waals surface area (Å²) in [5.41, 5.74) is 6.41. The fourth-order valence-corrected chi connectivity index (χ4v) is 5.09. The summed E-state index contributed by atoms with van der Waals surface area (Å²) in [6, 6.07) is 9.90. The standard InChI is InChI=1S/C25H43N3O2.C10H11N.C6H14O/c1-10-13-14-26-20(5)23(22(12-3)19(4)11-2)21(6)27-15-17-28(18-16-27)24(29)30-25(7,8)9;1-2-4-9-5-3-6-10(7-9)8-11;1-3-5-7-6-4-2/h12-14,19H,10-11,15-18H2,1-9H3;3,5-7H,2,4H2,1H3;3-6H2,1-2H3/b14-13+,22-12-,23-21-,26-20+;;. The minimum Gasteiger partial charge on any atom is -0.444 e. The molecule has 1 unspecified atom stereocenters. The number of carbonyl (C=O) groups is 1. The smallest absolute Gasteiger partial charge is 0.410 e. The molecule has 270 valence electrons. The number of hydrogen-bond acceptors (Lipinski definition) is 6. The average Bonchev–Trinajstić information content (AvgIpc) is 3.07. The summed E-state index contributed by atoms with van der Waals surface area (Å²) in [6.45, 7) is 29.9. The number of piperazine rings is 1. The van der Waals surface area contributed by atoms with Crippen LogP contribution in [0.5, 0.6) is 0 Å². The van der Waals surface area contributed by atoms with Crippen molar-refractivity contribution in [3.8, 4) is 6.07 Å². The number of carbonyl (C=O) groups excluding carboxylic acids is 1. The summed E-state index contributed by atoms with van der Waals surface area (Å²) in [7, 11) is 0. The van der Waals surface area contributed by atoms with E-state index in [1.807, 2.05) is 50.1 Å². The van der Waals surface area contributed by atoms with Crippen LogP contribution in [-0.4, -0.2) is 66.6 Å². The Hall–Kier alpha value is -3.37. The Labute approximate surface area is 294 Å². The first-order chi connectivity index (χ1) is 22.8. The van der Waals surface area contributed by atoms with Gasteiger partial charge in [0.05, 0.1) is 11.6 Å². The predicted molar refractivity (Wildman–Crippen MR) is 204 cm³/mol. The van der Waals surface area contributed by atoms with Crippen LogP contribution in [0.3, 0.4) is 0 Å². The Balaban J connectivity index is 0.000000992. The van der Waals surface area contributed by atoms with Crippen molar-refractivity contribution in [2.75, 3.05) is 39.4 Å². The molecule has 48 heavy (non-hydrogen) atoms. The Kier molecular flexibility index (Phi) is 23.8. The zero-order valence-electron chi connectivity index (χ0n) is 32.6. The molecule has 1 atom stereocenters. The molecule has 1 heterocycles. The summed E-state index contributed by atoms with van der Waals surface area (Å²) in [4.78, 5) is 21.3. The molecule has 2 rings (SSSR count). The van der Waals surface area contributed by atoms with Crippen molar-refractivity contribution >= 4 is 11.8 Å².